The molecule has 0 radical (unpaired) electrons. The van der Waals surface area contributed by atoms with Gasteiger partial charge in [0.2, 0.25) is 0 Å². The van der Waals surface area contributed by atoms with Crippen LogP contribution in [-0.4, -0.2) is 27.4 Å². The van der Waals surface area contributed by atoms with Gasteiger partial charge in [0.25, 0.3) is 0 Å². The summed E-state index contributed by atoms with van der Waals surface area (Å²) in [7, 11) is 1.91. The Labute approximate surface area is 85.6 Å². The molecule has 1 unspecified atom stereocenters. The van der Waals surface area contributed by atoms with E-state index in [0.717, 1.165) is 15.6 Å². The van der Waals surface area contributed by atoms with Crippen LogP contribution in [0.4, 0.5) is 0 Å². The Hall–Kier alpha value is -1.27. The van der Waals surface area contributed by atoms with Crippen LogP contribution in [0.15, 0.2) is 12.4 Å². The molecule has 0 saturated carbocycles. The van der Waals surface area contributed by atoms with Crippen LogP contribution in [0.5, 0.6) is 0 Å². The van der Waals surface area contributed by atoms with Gasteiger partial charge < -0.3 is 5.32 Å². The van der Waals surface area contributed by atoms with Crippen LogP contribution in [0.1, 0.15) is 18.0 Å². The Bertz CT molecular complexity index is 394. The van der Waals surface area contributed by atoms with Crippen LogP contribution in [0, 0.1) is 0 Å². The van der Waals surface area contributed by atoms with Gasteiger partial charge in [0, 0.05) is 6.20 Å². The van der Waals surface area contributed by atoms with Crippen molar-refractivity contribution in [2.75, 3.05) is 7.05 Å². The van der Waals surface area contributed by atoms with Gasteiger partial charge in [-0.3, -0.25) is 5.10 Å². The summed E-state index contributed by atoms with van der Waals surface area (Å²) in [6, 6.07) is 0.244. The average molecular weight is 209 g/mol. The van der Waals surface area contributed by atoms with Gasteiger partial charge in [0.15, 0.2) is 5.01 Å². The molecule has 2 aromatic heterocycles. The minimum absolute atomic E-state index is 0.244. The zero-order chi connectivity index (χ0) is 9.97. The maximum Gasteiger partial charge on any atom is 0.151 e. The molecular formula is C8H11N5S. The van der Waals surface area contributed by atoms with Crippen LogP contribution in [-0.2, 0) is 0 Å². The van der Waals surface area contributed by atoms with Crippen LogP contribution in [0.25, 0.3) is 10.6 Å². The van der Waals surface area contributed by atoms with E-state index in [-0.39, 0.29) is 6.04 Å². The maximum absolute atomic E-state index is 4.11. The Morgan fingerprint density at radius 2 is 2.36 bits per heavy atom. The molecule has 0 aliphatic carbocycles. The molecule has 0 spiro atoms. The maximum atomic E-state index is 4.11. The third-order valence-corrected chi connectivity index (χ3v) is 3.14. The molecule has 5 nitrogen and oxygen atoms in total. The summed E-state index contributed by atoms with van der Waals surface area (Å²) in [5, 5.41) is 19.8. The second-order valence-corrected chi connectivity index (χ2v) is 3.95. The summed E-state index contributed by atoms with van der Waals surface area (Å²) in [6.07, 6.45) is 3.56. The van der Waals surface area contributed by atoms with Gasteiger partial charge in [-0.25, -0.2) is 0 Å². The fraction of sp³-hybridized carbons (Fsp3) is 0.375. The highest BCUT2D eigenvalue weighted by molar-refractivity contribution is 7.14. The third-order valence-electron chi connectivity index (χ3n) is 1.99. The van der Waals surface area contributed by atoms with Gasteiger partial charge in [-0.2, -0.15) is 5.10 Å². The van der Waals surface area contributed by atoms with Gasteiger partial charge in [0.05, 0.1) is 17.8 Å². The fourth-order valence-corrected chi connectivity index (χ4v) is 1.90. The summed E-state index contributed by atoms with van der Waals surface area (Å²) in [6.45, 7) is 2.06. The van der Waals surface area contributed by atoms with Crippen molar-refractivity contribution in [1.29, 1.82) is 0 Å². The van der Waals surface area contributed by atoms with E-state index < -0.39 is 0 Å². The lowest BCUT2D eigenvalue weighted by Crippen LogP contribution is -2.11. The highest BCUT2D eigenvalue weighted by atomic mass is 32.1. The van der Waals surface area contributed by atoms with E-state index in [1.165, 1.54) is 0 Å². The van der Waals surface area contributed by atoms with Gasteiger partial charge in [-0.15, -0.1) is 10.2 Å². The number of rotatable bonds is 3. The molecule has 2 rings (SSSR count). The van der Waals surface area contributed by atoms with Crippen molar-refractivity contribution in [2.45, 2.75) is 13.0 Å². The first-order valence-corrected chi connectivity index (χ1v) is 5.12. The Morgan fingerprint density at radius 1 is 1.50 bits per heavy atom. The zero-order valence-electron chi connectivity index (χ0n) is 7.98. The molecule has 2 aromatic rings. The molecule has 0 fully saturated rings. The standard InChI is InChI=1S/C8H11N5S/c1-5(9-2)7-12-13-8(14-7)6-3-10-11-4-6/h3-5,9H,1-2H3,(H,10,11). The monoisotopic (exact) mass is 209 g/mol. The average Bonchev–Trinajstić information content (AvgIpc) is 2.86. The molecule has 0 aromatic carbocycles. The molecular weight excluding hydrogens is 198 g/mol. The first kappa shape index (κ1) is 9.29. The molecule has 2 heterocycles. The molecule has 6 heteroatoms. The van der Waals surface area contributed by atoms with E-state index in [2.05, 4.69) is 32.6 Å². The van der Waals surface area contributed by atoms with Gasteiger partial charge in [-0.1, -0.05) is 11.3 Å². The van der Waals surface area contributed by atoms with E-state index >= 15 is 0 Å². The van der Waals surface area contributed by atoms with Crippen molar-refractivity contribution < 1.29 is 0 Å². The van der Waals surface area contributed by atoms with E-state index in [0.29, 0.717) is 0 Å². The molecule has 0 bridgehead atoms. The first-order chi connectivity index (χ1) is 6.81. The number of aromatic amines is 1. The van der Waals surface area contributed by atoms with Crippen molar-refractivity contribution in [1.82, 2.24) is 25.7 Å². The van der Waals surface area contributed by atoms with Gasteiger partial charge >= 0.3 is 0 Å². The first-order valence-electron chi connectivity index (χ1n) is 4.31. The number of hydrogen-bond acceptors (Lipinski definition) is 5. The summed E-state index contributed by atoms with van der Waals surface area (Å²) in [5.74, 6) is 0. The normalized spacial score (nSPS) is 13.0. The van der Waals surface area contributed by atoms with E-state index in [1.807, 2.05) is 13.2 Å². The predicted molar refractivity (Wildman–Crippen MR) is 55.0 cm³/mol. The number of H-pyrrole nitrogens is 1. The Morgan fingerprint density at radius 3 is 3.00 bits per heavy atom. The number of aromatic nitrogens is 4. The van der Waals surface area contributed by atoms with Gasteiger partial charge in [-0.05, 0) is 14.0 Å². The highest BCUT2D eigenvalue weighted by Gasteiger charge is 2.11. The summed E-state index contributed by atoms with van der Waals surface area (Å²) in [4.78, 5) is 0. The second-order valence-electron chi connectivity index (χ2n) is 2.94. The lowest BCUT2D eigenvalue weighted by molar-refractivity contribution is 0.640. The minimum atomic E-state index is 0.244. The molecule has 74 valence electrons. The second kappa shape index (κ2) is 3.85. The summed E-state index contributed by atoms with van der Waals surface area (Å²) < 4.78 is 0. The van der Waals surface area contributed by atoms with Crippen molar-refractivity contribution in [2.24, 2.45) is 0 Å². The predicted octanol–water partition coefficient (Wildman–Crippen LogP) is 1.21. The fourth-order valence-electron chi connectivity index (χ4n) is 1.02. The minimum Gasteiger partial charge on any atom is -0.311 e. The number of hydrogen-bond donors (Lipinski definition) is 2. The van der Waals surface area contributed by atoms with Gasteiger partial charge in [0.1, 0.15) is 5.01 Å². The van der Waals surface area contributed by atoms with Crippen molar-refractivity contribution in [3.8, 4) is 10.6 Å². The molecule has 0 saturated heterocycles. The van der Waals surface area contributed by atoms with Crippen molar-refractivity contribution in [3.05, 3.63) is 17.4 Å². The highest BCUT2D eigenvalue weighted by Crippen LogP contribution is 2.25. The Balaban J connectivity index is 2.26. The van der Waals surface area contributed by atoms with Crippen LogP contribution >= 0.6 is 11.3 Å². The molecule has 14 heavy (non-hydrogen) atoms. The summed E-state index contributed by atoms with van der Waals surface area (Å²) in [5.41, 5.74) is 0.983. The van der Waals surface area contributed by atoms with Crippen molar-refractivity contribution >= 4 is 11.3 Å². The quantitative estimate of drug-likeness (QED) is 0.797. The molecule has 0 aliphatic heterocycles. The summed E-state index contributed by atoms with van der Waals surface area (Å²) >= 11 is 1.58. The van der Waals surface area contributed by atoms with Crippen molar-refractivity contribution in [3.63, 3.8) is 0 Å². The lowest BCUT2D eigenvalue weighted by Gasteiger charge is -2.02. The van der Waals surface area contributed by atoms with E-state index in [9.17, 15) is 0 Å². The topological polar surface area (TPSA) is 66.5 Å². The largest absolute Gasteiger partial charge is 0.311 e. The smallest absolute Gasteiger partial charge is 0.151 e. The Kier molecular flexibility index (Phi) is 2.55. The van der Waals surface area contributed by atoms with Crippen LogP contribution in [0.2, 0.25) is 0 Å². The third kappa shape index (κ3) is 1.66. The molecule has 0 amide bonds. The number of nitrogens with zero attached hydrogens (tertiary/aromatic N) is 3. The SMILES string of the molecule is CNC(C)c1nnc(-c2cn[nH]c2)s1. The van der Waals surface area contributed by atoms with E-state index in [1.54, 1.807) is 17.5 Å². The van der Waals surface area contributed by atoms with E-state index in [4.69, 9.17) is 0 Å². The number of nitrogens with one attached hydrogen (secondary N) is 2. The van der Waals surface area contributed by atoms with Crippen LogP contribution in [0.3, 0.4) is 0 Å². The molecule has 1 atom stereocenters. The zero-order valence-corrected chi connectivity index (χ0v) is 8.80. The lowest BCUT2D eigenvalue weighted by atomic mass is 10.4. The molecule has 0 aliphatic rings. The van der Waals surface area contributed by atoms with Crippen LogP contribution < -0.4 is 5.32 Å². The molecule has 2 N–H and O–H groups in total.